The third kappa shape index (κ3) is 4.93. The number of carbonyl (C=O) groups is 1. The molecule has 1 atom stereocenters. The van der Waals surface area contributed by atoms with Gasteiger partial charge in [-0.05, 0) is 63.4 Å². The standard InChI is InChI=1S/C26H30FN3O/c1-18-17-24(26(31)28-14-6-16-30-15-4-3-7-19(30)2)23-9-5-8-22(25(23)29-18)20-10-12-21(27)13-11-20/h5,8-13,17,19H,3-4,6-7,14-16H2,1-2H3,(H,28,31)/t19-/m1/s1. The first-order valence-corrected chi connectivity index (χ1v) is 11.2. The molecule has 1 aliphatic rings. The normalized spacial score (nSPS) is 17.1. The van der Waals surface area contributed by atoms with Crippen LogP contribution in [0.2, 0.25) is 0 Å². The lowest BCUT2D eigenvalue weighted by atomic mass is 9.98. The van der Waals surface area contributed by atoms with Crippen LogP contribution in [0.5, 0.6) is 0 Å². The number of nitrogens with zero attached hydrogens (tertiary/aromatic N) is 2. The second kappa shape index (κ2) is 9.56. The highest BCUT2D eigenvalue weighted by atomic mass is 19.1. The number of piperidine rings is 1. The number of fused-ring (bicyclic) bond motifs is 1. The first-order valence-electron chi connectivity index (χ1n) is 11.2. The summed E-state index contributed by atoms with van der Waals surface area (Å²) in [6, 6.07) is 14.7. The third-order valence-corrected chi connectivity index (χ3v) is 6.22. The molecule has 0 radical (unpaired) electrons. The molecule has 0 unspecified atom stereocenters. The van der Waals surface area contributed by atoms with Crippen molar-refractivity contribution in [2.45, 2.75) is 45.6 Å². The van der Waals surface area contributed by atoms with Crippen molar-refractivity contribution in [3.8, 4) is 11.1 Å². The van der Waals surface area contributed by atoms with Crippen LogP contribution < -0.4 is 5.32 Å². The molecule has 1 amide bonds. The molecular formula is C26H30FN3O. The lowest BCUT2D eigenvalue weighted by Gasteiger charge is -2.33. The molecule has 2 aromatic carbocycles. The Labute approximate surface area is 183 Å². The van der Waals surface area contributed by atoms with Crippen LogP contribution in [0, 0.1) is 12.7 Å². The molecule has 5 heteroatoms. The number of benzene rings is 2. The Balaban J connectivity index is 1.51. The summed E-state index contributed by atoms with van der Waals surface area (Å²) in [6.45, 7) is 7.03. The Morgan fingerprint density at radius 2 is 2.00 bits per heavy atom. The van der Waals surface area contributed by atoms with Gasteiger partial charge in [-0.3, -0.25) is 9.78 Å². The van der Waals surface area contributed by atoms with E-state index >= 15 is 0 Å². The van der Waals surface area contributed by atoms with E-state index < -0.39 is 0 Å². The number of aryl methyl sites for hydroxylation is 1. The first-order chi connectivity index (χ1) is 15.0. The van der Waals surface area contributed by atoms with Crippen LogP contribution in [0.4, 0.5) is 4.39 Å². The monoisotopic (exact) mass is 419 g/mol. The molecular weight excluding hydrogens is 389 g/mol. The van der Waals surface area contributed by atoms with Crippen LogP contribution in [0.15, 0.2) is 48.5 Å². The molecule has 1 aromatic heterocycles. The van der Waals surface area contributed by atoms with Crippen molar-refractivity contribution in [3.63, 3.8) is 0 Å². The number of likely N-dealkylation sites (tertiary alicyclic amines) is 1. The van der Waals surface area contributed by atoms with Gasteiger partial charge in [0.25, 0.3) is 5.91 Å². The second-order valence-corrected chi connectivity index (χ2v) is 8.51. The van der Waals surface area contributed by atoms with Gasteiger partial charge in [0.2, 0.25) is 0 Å². The molecule has 1 fully saturated rings. The van der Waals surface area contributed by atoms with E-state index in [9.17, 15) is 9.18 Å². The van der Waals surface area contributed by atoms with Crippen molar-refractivity contribution < 1.29 is 9.18 Å². The molecule has 1 aliphatic heterocycles. The summed E-state index contributed by atoms with van der Waals surface area (Å²) in [6.07, 6.45) is 4.81. The van der Waals surface area contributed by atoms with Crippen molar-refractivity contribution in [1.29, 1.82) is 0 Å². The van der Waals surface area contributed by atoms with Gasteiger partial charge in [-0.1, -0.05) is 36.8 Å². The molecule has 2 heterocycles. The minimum atomic E-state index is -0.271. The molecule has 0 bridgehead atoms. The van der Waals surface area contributed by atoms with Crippen molar-refractivity contribution in [2.75, 3.05) is 19.6 Å². The second-order valence-electron chi connectivity index (χ2n) is 8.51. The van der Waals surface area contributed by atoms with E-state index in [0.29, 0.717) is 18.2 Å². The summed E-state index contributed by atoms with van der Waals surface area (Å²) in [5.74, 6) is -0.342. The average Bonchev–Trinajstić information content (AvgIpc) is 2.77. The zero-order valence-corrected chi connectivity index (χ0v) is 18.3. The lowest BCUT2D eigenvalue weighted by Crippen LogP contribution is -2.39. The Kier molecular flexibility index (Phi) is 6.62. The van der Waals surface area contributed by atoms with Crippen LogP contribution in [-0.2, 0) is 0 Å². The van der Waals surface area contributed by atoms with Gasteiger partial charge in [0, 0.05) is 35.8 Å². The number of rotatable bonds is 6. The molecule has 1 saturated heterocycles. The zero-order chi connectivity index (χ0) is 21.8. The number of hydrogen-bond acceptors (Lipinski definition) is 3. The molecule has 0 saturated carbocycles. The fourth-order valence-corrected chi connectivity index (χ4v) is 4.50. The Morgan fingerprint density at radius 3 is 2.77 bits per heavy atom. The SMILES string of the molecule is Cc1cc(C(=O)NCCCN2CCCC[C@H]2C)c2cccc(-c3ccc(F)cc3)c2n1. The predicted molar refractivity (Wildman–Crippen MR) is 124 cm³/mol. The summed E-state index contributed by atoms with van der Waals surface area (Å²) in [4.78, 5) is 20.2. The van der Waals surface area contributed by atoms with Crippen molar-refractivity contribution in [2.24, 2.45) is 0 Å². The van der Waals surface area contributed by atoms with E-state index in [0.717, 1.165) is 47.2 Å². The number of carbonyl (C=O) groups excluding carboxylic acids is 1. The van der Waals surface area contributed by atoms with Crippen LogP contribution >= 0.6 is 0 Å². The minimum absolute atomic E-state index is 0.0709. The van der Waals surface area contributed by atoms with Crippen molar-refractivity contribution in [3.05, 3.63) is 65.6 Å². The Hall–Kier alpha value is -2.79. The fourth-order valence-electron chi connectivity index (χ4n) is 4.50. The molecule has 162 valence electrons. The van der Waals surface area contributed by atoms with Gasteiger partial charge in [0.15, 0.2) is 0 Å². The quantitative estimate of drug-likeness (QED) is 0.548. The van der Waals surface area contributed by atoms with E-state index in [2.05, 4.69) is 17.1 Å². The molecule has 4 nitrogen and oxygen atoms in total. The highest BCUT2D eigenvalue weighted by molar-refractivity contribution is 6.09. The van der Waals surface area contributed by atoms with Gasteiger partial charge in [-0.25, -0.2) is 4.39 Å². The maximum absolute atomic E-state index is 13.4. The van der Waals surface area contributed by atoms with E-state index in [-0.39, 0.29) is 11.7 Å². The lowest BCUT2D eigenvalue weighted by molar-refractivity contribution is 0.0950. The molecule has 0 spiro atoms. The van der Waals surface area contributed by atoms with Crippen molar-refractivity contribution in [1.82, 2.24) is 15.2 Å². The minimum Gasteiger partial charge on any atom is -0.352 e. The van der Waals surface area contributed by atoms with Crippen LogP contribution in [0.3, 0.4) is 0 Å². The zero-order valence-electron chi connectivity index (χ0n) is 18.3. The largest absolute Gasteiger partial charge is 0.352 e. The number of para-hydroxylation sites is 1. The van der Waals surface area contributed by atoms with Crippen LogP contribution in [0.1, 0.15) is 48.7 Å². The number of amides is 1. The topological polar surface area (TPSA) is 45.2 Å². The van der Waals surface area contributed by atoms with Crippen LogP contribution in [-0.4, -0.2) is 41.5 Å². The first kappa shape index (κ1) is 21.4. The number of pyridine rings is 1. The summed E-state index contributed by atoms with van der Waals surface area (Å²) >= 11 is 0. The average molecular weight is 420 g/mol. The molecule has 31 heavy (non-hydrogen) atoms. The van der Waals surface area contributed by atoms with Crippen LogP contribution in [0.25, 0.3) is 22.0 Å². The highest BCUT2D eigenvalue weighted by Crippen LogP contribution is 2.30. The van der Waals surface area contributed by atoms with Gasteiger partial charge in [0.1, 0.15) is 5.82 Å². The third-order valence-electron chi connectivity index (χ3n) is 6.22. The van der Waals surface area contributed by atoms with E-state index in [1.54, 1.807) is 12.1 Å². The summed E-state index contributed by atoms with van der Waals surface area (Å²) in [7, 11) is 0. The summed E-state index contributed by atoms with van der Waals surface area (Å²) in [5, 5.41) is 3.91. The number of nitrogens with one attached hydrogen (secondary N) is 1. The van der Waals surface area contributed by atoms with Crippen molar-refractivity contribution >= 4 is 16.8 Å². The van der Waals surface area contributed by atoms with E-state index in [4.69, 9.17) is 4.98 Å². The smallest absolute Gasteiger partial charge is 0.252 e. The molecule has 4 rings (SSSR count). The van der Waals surface area contributed by atoms with Gasteiger partial charge >= 0.3 is 0 Å². The van der Waals surface area contributed by atoms with Gasteiger partial charge in [-0.2, -0.15) is 0 Å². The predicted octanol–water partition coefficient (Wildman–Crippen LogP) is 5.34. The summed E-state index contributed by atoms with van der Waals surface area (Å²) < 4.78 is 13.4. The van der Waals surface area contributed by atoms with Gasteiger partial charge in [0.05, 0.1) is 11.1 Å². The van der Waals surface area contributed by atoms with E-state index in [1.165, 1.54) is 31.4 Å². The molecule has 0 aliphatic carbocycles. The number of halogens is 1. The van der Waals surface area contributed by atoms with Gasteiger partial charge in [-0.15, -0.1) is 0 Å². The maximum atomic E-state index is 13.4. The summed E-state index contributed by atoms with van der Waals surface area (Å²) in [5.41, 5.74) is 3.97. The molecule has 3 aromatic rings. The van der Waals surface area contributed by atoms with E-state index in [1.807, 2.05) is 31.2 Å². The number of hydrogen-bond donors (Lipinski definition) is 1. The highest BCUT2D eigenvalue weighted by Gasteiger charge is 2.18. The number of aromatic nitrogens is 1. The Bertz CT molecular complexity index is 1060. The fraction of sp³-hybridized carbons (Fsp3) is 0.385. The van der Waals surface area contributed by atoms with Gasteiger partial charge < -0.3 is 10.2 Å². The molecule has 1 N–H and O–H groups in total. The maximum Gasteiger partial charge on any atom is 0.252 e. The Morgan fingerprint density at radius 1 is 1.19 bits per heavy atom.